The molecule has 0 fully saturated rings. The van der Waals surface area contributed by atoms with Crippen LogP contribution in [0.25, 0.3) is 0 Å². The van der Waals surface area contributed by atoms with Crippen molar-refractivity contribution in [3.8, 4) is 0 Å². The first-order valence-corrected chi connectivity index (χ1v) is 6.62. The van der Waals surface area contributed by atoms with Gasteiger partial charge >= 0.3 is 0 Å². The number of rotatable bonds is 4. The highest BCUT2D eigenvalue weighted by Gasteiger charge is 2.01. The lowest BCUT2D eigenvalue weighted by Gasteiger charge is -2.00. The molecule has 1 aromatic heterocycles. The summed E-state index contributed by atoms with van der Waals surface area (Å²) in [5.41, 5.74) is 0.935. The highest BCUT2D eigenvalue weighted by molar-refractivity contribution is 9.10. The maximum absolute atomic E-state index is 8.91. The van der Waals surface area contributed by atoms with Crippen LogP contribution in [-0.2, 0) is 12.4 Å². The Morgan fingerprint density at radius 2 is 1.88 bits per heavy atom. The number of hydrogen-bond acceptors (Lipinski definition) is 3. The molecule has 0 saturated heterocycles. The Balaban J connectivity index is 1.94. The molecule has 1 N–H and O–H groups in total. The molecule has 0 aliphatic heterocycles. The van der Waals surface area contributed by atoms with Crippen molar-refractivity contribution < 1.29 is 9.52 Å². The maximum Gasteiger partial charge on any atom is 0.169 e. The minimum atomic E-state index is 0.0933. The predicted octanol–water partition coefficient (Wildman–Crippen LogP) is 3.83. The molecule has 0 aliphatic carbocycles. The standard InChI is InChI=1S/C12H11BrO2S/c13-12-6-3-10(15-12)8-16-11-4-1-9(7-14)2-5-11/h1-6,14H,7-8H2. The second kappa shape index (κ2) is 5.57. The van der Waals surface area contributed by atoms with E-state index in [1.165, 1.54) is 4.90 Å². The topological polar surface area (TPSA) is 33.4 Å². The summed E-state index contributed by atoms with van der Waals surface area (Å²) in [7, 11) is 0. The monoisotopic (exact) mass is 298 g/mol. The van der Waals surface area contributed by atoms with Crippen LogP contribution in [0.5, 0.6) is 0 Å². The van der Waals surface area contributed by atoms with Crippen molar-refractivity contribution in [3.05, 3.63) is 52.4 Å². The van der Waals surface area contributed by atoms with Gasteiger partial charge in [0.1, 0.15) is 5.76 Å². The lowest BCUT2D eigenvalue weighted by molar-refractivity contribution is 0.282. The van der Waals surface area contributed by atoms with Gasteiger partial charge in [-0.15, -0.1) is 11.8 Å². The zero-order valence-electron chi connectivity index (χ0n) is 8.52. The number of aliphatic hydroxyl groups excluding tert-OH is 1. The van der Waals surface area contributed by atoms with E-state index >= 15 is 0 Å². The molecule has 2 nitrogen and oxygen atoms in total. The van der Waals surface area contributed by atoms with Crippen molar-refractivity contribution in [3.63, 3.8) is 0 Å². The van der Waals surface area contributed by atoms with Gasteiger partial charge in [0.15, 0.2) is 4.67 Å². The summed E-state index contributed by atoms with van der Waals surface area (Å²) in [5.74, 6) is 1.76. The fourth-order valence-corrected chi connectivity index (χ4v) is 2.41. The van der Waals surface area contributed by atoms with Gasteiger partial charge in [0, 0.05) is 4.90 Å². The molecular formula is C12H11BrO2S. The van der Waals surface area contributed by atoms with Crippen molar-refractivity contribution in [2.24, 2.45) is 0 Å². The summed E-state index contributed by atoms with van der Waals surface area (Å²) in [6.07, 6.45) is 0. The normalized spacial score (nSPS) is 10.6. The van der Waals surface area contributed by atoms with Crippen LogP contribution in [0, 0.1) is 0 Å². The number of thioether (sulfide) groups is 1. The number of benzene rings is 1. The van der Waals surface area contributed by atoms with Crippen molar-refractivity contribution in [1.29, 1.82) is 0 Å². The lowest BCUT2D eigenvalue weighted by atomic mass is 10.2. The van der Waals surface area contributed by atoms with Crippen LogP contribution >= 0.6 is 27.7 Å². The minimum absolute atomic E-state index is 0.0933. The molecular weight excluding hydrogens is 288 g/mol. The van der Waals surface area contributed by atoms with E-state index in [1.807, 2.05) is 36.4 Å². The third kappa shape index (κ3) is 3.14. The van der Waals surface area contributed by atoms with Crippen LogP contribution in [-0.4, -0.2) is 5.11 Å². The number of halogens is 1. The first-order chi connectivity index (χ1) is 7.78. The smallest absolute Gasteiger partial charge is 0.169 e. The molecule has 0 aliphatic rings. The molecule has 2 aromatic rings. The molecule has 0 amide bonds. The highest BCUT2D eigenvalue weighted by atomic mass is 79.9. The summed E-state index contributed by atoms with van der Waals surface area (Å²) < 4.78 is 6.17. The van der Waals surface area contributed by atoms with Crippen LogP contribution in [0.4, 0.5) is 0 Å². The Hall–Kier alpha value is -0.710. The van der Waals surface area contributed by atoms with E-state index in [1.54, 1.807) is 11.8 Å². The van der Waals surface area contributed by atoms with Crippen LogP contribution < -0.4 is 0 Å². The van der Waals surface area contributed by atoms with Gasteiger partial charge in [0.2, 0.25) is 0 Å². The van der Waals surface area contributed by atoms with Gasteiger partial charge in [-0.3, -0.25) is 0 Å². The predicted molar refractivity (Wildman–Crippen MR) is 68.3 cm³/mol. The van der Waals surface area contributed by atoms with Gasteiger partial charge in [-0.1, -0.05) is 12.1 Å². The average Bonchev–Trinajstić information content (AvgIpc) is 2.73. The van der Waals surface area contributed by atoms with E-state index in [2.05, 4.69) is 15.9 Å². The minimum Gasteiger partial charge on any atom is -0.453 e. The second-order valence-electron chi connectivity index (χ2n) is 3.30. The molecule has 1 aromatic carbocycles. The van der Waals surface area contributed by atoms with Crippen molar-refractivity contribution >= 4 is 27.7 Å². The third-order valence-corrected chi connectivity index (χ3v) is 3.58. The Bertz CT molecular complexity index is 450. The first-order valence-electron chi connectivity index (χ1n) is 4.85. The van der Waals surface area contributed by atoms with Crippen LogP contribution in [0.3, 0.4) is 0 Å². The van der Waals surface area contributed by atoms with Gasteiger partial charge in [0.25, 0.3) is 0 Å². The van der Waals surface area contributed by atoms with E-state index in [4.69, 9.17) is 9.52 Å². The van der Waals surface area contributed by atoms with Crippen LogP contribution in [0.1, 0.15) is 11.3 Å². The molecule has 84 valence electrons. The van der Waals surface area contributed by atoms with Crippen LogP contribution in [0.2, 0.25) is 0 Å². The van der Waals surface area contributed by atoms with E-state index in [9.17, 15) is 0 Å². The van der Waals surface area contributed by atoms with Crippen molar-refractivity contribution in [2.45, 2.75) is 17.3 Å². The van der Waals surface area contributed by atoms with Gasteiger partial charge in [-0.05, 0) is 45.8 Å². The Kier molecular flexibility index (Phi) is 4.09. The zero-order chi connectivity index (χ0) is 11.4. The summed E-state index contributed by atoms with van der Waals surface area (Å²) >= 11 is 4.98. The Labute approximate surface area is 107 Å². The van der Waals surface area contributed by atoms with Crippen molar-refractivity contribution in [1.82, 2.24) is 0 Å². The van der Waals surface area contributed by atoms with Crippen molar-refractivity contribution in [2.75, 3.05) is 0 Å². The molecule has 1 heterocycles. The molecule has 0 saturated carbocycles. The molecule has 16 heavy (non-hydrogen) atoms. The lowest BCUT2D eigenvalue weighted by Crippen LogP contribution is -1.82. The summed E-state index contributed by atoms with van der Waals surface area (Å²) in [4.78, 5) is 1.17. The molecule has 0 radical (unpaired) electrons. The number of furan rings is 1. The molecule has 0 bridgehead atoms. The van der Waals surface area contributed by atoms with Gasteiger partial charge < -0.3 is 9.52 Å². The Morgan fingerprint density at radius 3 is 2.44 bits per heavy atom. The van der Waals surface area contributed by atoms with E-state index in [0.717, 1.165) is 21.7 Å². The highest BCUT2D eigenvalue weighted by Crippen LogP contribution is 2.25. The fraction of sp³-hybridized carbons (Fsp3) is 0.167. The quantitative estimate of drug-likeness (QED) is 0.871. The molecule has 0 atom stereocenters. The van der Waals surface area contributed by atoms with Gasteiger partial charge in [-0.25, -0.2) is 0 Å². The van der Waals surface area contributed by atoms with E-state index < -0.39 is 0 Å². The largest absolute Gasteiger partial charge is 0.453 e. The van der Waals surface area contributed by atoms with Crippen LogP contribution in [0.15, 0.2) is 50.4 Å². The molecule has 0 unspecified atom stereocenters. The average molecular weight is 299 g/mol. The summed E-state index contributed by atoms with van der Waals surface area (Å²) in [5, 5.41) is 8.91. The number of aliphatic hydroxyl groups is 1. The second-order valence-corrected chi connectivity index (χ2v) is 5.13. The Morgan fingerprint density at radius 1 is 1.12 bits per heavy atom. The van der Waals surface area contributed by atoms with E-state index in [-0.39, 0.29) is 6.61 Å². The first kappa shape index (κ1) is 11.8. The van der Waals surface area contributed by atoms with E-state index in [0.29, 0.717) is 0 Å². The third-order valence-electron chi connectivity index (χ3n) is 2.12. The summed E-state index contributed by atoms with van der Waals surface area (Å²) in [6, 6.07) is 11.7. The molecule has 0 spiro atoms. The van der Waals surface area contributed by atoms with Gasteiger partial charge in [0.05, 0.1) is 12.4 Å². The molecule has 4 heteroatoms. The molecule has 2 rings (SSSR count). The zero-order valence-corrected chi connectivity index (χ0v) is 10.9. The fourth-order valence-electron chi connectivity index (χ4n) is 1.27. The SMILES string of the molecule is OCc1ccc(SCc2ccc(Br)o2)cc1. The maximum atomic E-state index is 8.91. The van der Waals surface area contributed by atoms with Gasteiger partial charge in [-0.2, -0.15) is 0 Å². The number of hydrogen-bond donors (Lipinski definition) is 1. The summed E-state index contributed by atoms with van der Waals surface area (Å²) in [6.45, 7) is 0.0933.